The van der Waals surface area contributed by atoms with Crippen molar-refractivity contribution in [1.82, 2.24) is 20.5 Å². The van der Waals surface area contributed by atoms with Crippen LogP contribution in [0.15, 0.2) is 29.5 Å². The zero-order valence-corrected chi connectivity index (χ0v) is 18.1. The number of amides is 1. The molecule has 0 unspecified atom stereocenters. The van der Waals surface area contributed by atoms with Crippen LogP contribution < -0.4 is 15.4 Å². The van der Waals surface area contributed by atoms with Crippen LogP contribution >= 0.6 is 24.0 Å². The first-order valence-electron chi connectivity index (χ1n) is 8.89. The van der Waals surface area contributed by atoms with E-state index in [9.17, 15) is 4.79 Å². The Morgan fingerprint density at radius 2 is 2.15 bits per heavy atom. The van der Waals surface area contributed by atoms with Gasteiger partial charge in [-0.15, -0.1) is 24.0 Å². The number of carbonyl (C=O) groups is 1. The molecule has 7 nitrogen and oxygen atoms in total. The molecule has 0 radical (unpaired) electrons. The molecule has 1 aliphatic rings. The van der Waals surface area contributed by atoms with Gasteiger partial charge in [-0.1, -0.05) is 13.8 Å². The summed E-state index contributed by atoms with van der Waals surface area (Å²) in [6.45, 7) is 6.69. The lowest BCUT2D eigenvalue weighted by Gasteiger charge is -2.34. The average Bonchev–Trinajstić information content (AvgIpc) is 2.65. The van der Waals surface area contributed by atoms with Crippen molar-refractivity contribution in [3.63, 3.8) is 0 Å². The third-order valence-corrected chi connectivity index (χ3v) is 4.16. The molecule has 0 bridgehead atoms. The maximum atomic E-state index is 12.0. The van der Waals surface area contributed by atoms with Crippen LogP contribution in [-0.2, 0) is 4.79 Å². The van der Waals surface area contributed by atoms with Crippen molar-refractivity contribution < 1.29 is 9.53 Å². The molecule has 2 heterocycles. The first-order chi connectivity index (χ1) is 12.1. The van der Waals surface area contributed by atoms with Crippen molar-refractivity contribution >= 4 is 35.8 Å². The van der Waals surface area contributed by atoms with Gasteiger partial charge in [0.25, 0.3) is 0 Å². The maximum Gasteiger partial charge on any atom is 0.225 e. The molecule has 1 aliphatic heterocycles. The third kappa shape index (κ3) is 7.35. The first kappa shape index (κ1) is 22.5. The van der Waals surface area contributed by atoms with Gasteiger partial charge in [-0.3, -0.25) is 14.8 Å². The zero-order valence-electron chi connectivity index (χ0n) is 15.8. The number of carbonyl (C=O) groups excluding carboxylic acids is 1. The van der Waals surface area contributed by atoms with Crippen LogP contribution in [0.4, 0.5) is 0 Å². The number of nitrogens with zero attached hydrogens (tertiary/aromatic N) is 3. The van der Waals surface area contributed by atoms with E-state index in [4.69, 9.17) is 4.74 Å². The van der Waals surface area contributed by atoms with Crippen LogP contribution in [0, 0.1) is 5.92 Å². The van der Waals surface area contributed by atoms with Gasteiger partial charge in [-0.25, -0.2) is 0 Å². The van der Waals surface area contributed by atoms with E-state index < -0.39 is 0 Å². The molecule has 1 aromatic heterocycles. The van der Waals surface area contributed by atoms with E-state index >= 15 is 0 Å². The predicted molar refractivity (Wildman–Crippen MR) is 114 cm³/mol. The standard InChI is InChI=1S/C18H29N5O2.HI/c1-14(2)17(24)23-10-6-15(7-11-23)22-18(19-3)21-9-12-25-16-5-4-8-20-13-16;/h4-5,8,13-15H,6-7,9-12H2,1-3H3,(H2,19,21,22);1H. The van der Waals surface area contributed by atoms with Gasteiger partial charge in [0.1, 0.15) is 12.4 Å². The van der Waals surface area contributed by atoms with E-state index in [-0.39, 0.29) is 35.8 Å². The molecule has 0 atom stereocenters. The molecule has 8 heteroatoms. The quantitative estimate of drug-likeness (QED) is 0.285. The highest BCUT2D eigenvalue weighted by Gasteiger charge is 2.24. The number of aromatic nitrogens is 1. The van der Waals surface area contributed by atoms with Crippen LogP contribution in [0.2, 0.25) is 0 Å². The molecular formula is C18H30IN5O2. The highest BCUT2D eigenvalue weighted by Crippen LogP contribution is 2.13. The number of rotatable bonds is 6. The van der Waals surface area contributed by atoms with Crippen molar-refractivity contribution in [2.45, 2.75) is 32.7 Å². The summed E-state index contributed by atoms with van der Waals surface area (Å²) in [5.74, 6) is 1.84. The number of halogens is 1. The minimum atomic E-state index is 0. The minimum absolute atomic E-state index is 0. The Bertz CT molecular complexity index is 560. The number of aliphatic imine (C=N–C) groups is 1. The number of hydrogen-bond acceptors (Lipinski definition) is 4. The van der Waals surface area contributed by atoms with E-state index in [1.165, 1.54) is 0 Å². The van der Waals surface area contributed by atoms with Gasteiger partial charge in [0.15, 0.2) is 5.96 Å². The van der Waals surface area contributed by atoms with Crippen LogP contribution in [0.25, 0.3) is 0 Å². The fourth-order valence-electron chi connectivity index (χ4n) is 2.77. The maximum absolute atomic E-state index is 12.0. The summed E-state index contributed by atoms with van der Waals surface area (Å²) in [5.41, 5.74) is 0. The summed E-state index contributed by atoms with van der Waals surface area (Å²) < 4.78 is 5.60. The lowest BCUT2D eigenvalue weighted by Crippen LogP contribution is -2.50. The first-order valence-corrected chi connectivity index (χ1v) is 8.89. The fourth-order valence-corrected chi connectivity index (χ4v) is 2.77. The number of likely N-dealkylation sites (tertiary alicyclic amines) is 1. The molecule has 1 amide bonds. The van der Waals surface area contributed by atoms with Crippen molar-refractivity contribution in [3.8, 4) is 5.75 Å². The molecule has 146 valence electrons. The average molecular weight is 475 g/mol. The summed E-state index contributed by atoms with van der Waals surface area (Å²) in [7, 11) is 1.76. The van der Waals surface area contributed by atoms with E-state index in [1.807, 2.05) is 30.9 Å². The predicted octanol–water partition coefficient (Wildman–Crippen LogP) is 1.89. The van der Waals surface area contributed by atoms with Crippen molar-refractivity contribution in [3.05, 3.63) is 24.5 Å². The molecule has 2 rings (SSSR count). The number of piperidine rings is 1. The van der Waals surface area contributed by atoms with Gasteiger partial charge in [0, 0.05) is 38.3 Å². The molecule has 1 aromatic rings. The summed E-state index contributed by atoms with van der Waals surface area (Å²) in [5, 5.41) is 6.68. The van der Waals surface area contributed by atoms with E-state index in [1.54, 1.807) is 19.4 Å². The summed E-state index contributed by atoms with van der Waals surface area (Å²) in [6.07, 6.45) is 5.28. The number of guanidine groups is 1. The van der Waals surface area contributed by atoms with Gasteiger partial charge in [-0.2, -0.15) is 0 Å². The fraction of sp³-hybridized carbons (Fsp3) is 0.611. The van der Waals surface area contributed by atoms with E-state index in [0.717, 1.165) is 37.6 Å². The van der Waals surface area contributed by atoms with Crippen LogP contribution in [0.5, 0.6) is 5.75 Å². The number of ether oxygens (including phenoxy) is 1. The van der Waals surface area contributed by atoms with Crippen molar-refractivity contribution in [1.29, 1.82) is 0 Å². The Balaban J connectivity index is 0.00000338. The normalized spacial score (nSPS) is 15.4. The Kier molecular flexibility index (Phi) is 10.3. The second-order valence-electron chi connectivity index (χ2n) is 6.43. The SMILES string of the molecule is CN=C(NCCOc1cccnc1)NC1CCN(C(=O)C(C)C)CC1.I. The Morgan fingerprint density at radius 3 is 2.73 bits per heavy atom. The molecule has 0 saturated carbocycles. The molecule has 0 aliphatic carbocycles. The smallest absolute Gasteiger partial charge is 0.225 e. The molecular weight excluding hydrogens is 445 g/mol. The zero-order chi connectivity index (χ0) is 18.1. The largest absolute Gasteiger partial charge is 0.490 e. The van der Waals surface area contributed by atoms with Gasteiger partial charge >= 0.3 is 0 Å². The van der Waals surface area contributed by atoms with Crippen LogP contribution in [0.1, 0.15) is 26.7 Å². The molecule has 1 fully saturated rings. The molecule has 0 spiro atoms. The number of pyridine rings is 1. The lowest BCUT2D eigenvalue weighted by molar-refractivity contribution is -0.135. The van der Waals surface area contributed by atoms with Gasteiger partial charge < -0.3 is 20.3 Å². The molecule has 2 N–H and O–H groups in total. The van der Waals surface area contributed by atoms with Gasteiger partial charge in [0.05, 0.1) is 12.7 Å². The second kappa shape index (κ2) is 11.9. The summed E-state index contributed by atoms with van der Waals surface area (Å²) >= 11 is 0. The van der Waals surface area contributed by atoms with Crippen LogP contribution in [0.3, 0.4) is 0 Å². The van der Waals surface area contributed by atoms with E-state index in [2.05, 4.69) is 20.6 Å². The third-order valence-electron chi connectivity index (χ3n) is 4.16. The molecule has 1 saturated heterocycles. The second-order valence-corrected chi connectivity index (χ2v) is 6.43. The van der Waals surface area contributed by atoms with Crippen molar-refractivity contribution in [2.75, 3.05) is 33.3 Å². The van der Waals surface area contributed by atoms with Crippen LogP contribution in [-0.4, -0.2) is 61.1 Å². The number of nitrogens with one attached hydrogen (secondary N) is 2. The molecule has 26 heavy (non-hydrogen) atoms. The molecule has 0 aromatic carbocycles. The Hall–Kier alpha value is -1.58. The van der Waals surface area contributed by atoms with Gasteiger partial charge in [0.2, 0.25) is 5.91 Å². The Morgan fingerprint density at radius 1 is 1.42 bits per heavy atom. The number of hydrogen-bond donors (Lipinski definition) is 2. The minimum Gasteiger partial charge on any atom is -0.490 e. The van der Waals surface area contributed by atoms with E-state index in [0.29, 0.717) is 19.2 Å². The summed E-state index contributed by atoms with van der Waals surface area (Å²) in [4.78, 5) is 22.3. The lowest BCUT2D eigenvalue weighted by atomic mass is 10.0. The monoisotopic (exact) mass is 475 g/mol. The Labute approximate surface area is 173 Å². The summed E-state index contributed by atoms with van der Waals surface area (Å²) in [6, 6.07) is 4.06. The topological polar surface area (TPSA) is 78.9 Å². The highest BCUT2D eigenvalue weighted by atomic mass is 127. The van der Waals surface area contributed by atoms with Crippen molar-refractivity contribution in [2.24, 2.45) is 10.9 Å². The van der Waals surface area contributed by atoms with Gasteiger partial charge in [-0.05, 0) is 25.0 Å². The highest BCUT2D eigenvalue weighted by molar-refractivity contribution is 14.0.